The zero-order valence-electron chi connectivity index (χ0n) is 11.3. The van der Waals surface area contributed by atoms with Crippen LogP contribution in [0.15, 0.2) is 35.4 Å². The first kappa shape index (κ1) is 15.1. The predicted octanol–water partition coefficient (Wildman–Crippen LogP) is 3.73. The van der Waals surface area contributed by atoms with E-state index >= 15 is 0 Å². The molecule has 0 N–H and O–H groups in total. The second kappa shape index (κ2) is 5.97. The van der Waals surface area contributed by atoms with E-state index in [0.29, 0.717) is 16.7 Å². The van der Waals surface area contributed by atoms with Crippen LogP contribution in [-0.4, -0.2) is 19.5 Å². The molecule has 2 rings (SSSR count). The summed E-state index contributed by atoms with van der Waals surface area (Å²) >= 11 is 0. The lowest BCUT2D eigenvalue weighted by molar-refractivity contribution is 0.212. The fourth-order valence-electron chi connectivity index (χ4n) is 2.11. The topological polar surface area (TPSA) is 56.3 Å². The van der Waals surface area contributed by atoms with Gasteiger partial charge in [0.2, 0.25) is 0 Å². The summed E-state index contributed by atoms with van der Waals surface area (Å²) in [6.07, 6.45) is 3.58. The zero-order valence-corrected chi connectivity index (χ0v) is 12.9. The number of fused-ring (bicyclic) bond motifs is 1. The summed E-state index contributed by atoms with van der Waals surface area (Å²) in [5, 5.41) is 0.476. The lowest BCUT2D eigenvalue weighted by Crippen LogP contribution is -2.11. The van der Waals surface area contributed by atoms with E-state index in [2.05, 4.69) is 11.9 Å². The number of ether oxygens (including phenoxy) is 1. The van der Waals surface area contributed by atoms with Crippen molar-refractivity contribution in [1.82, 2.24) is 4.98 Å². The molecule has 1 heterocycles. The van der Waals surface area contributed by atoms with Crippen LogP contribution in [0.5, 0.6) is 5.75 Å². The maximum absolute atomic E-state index is 11.6. The molecule has 0 amide bonds. The third-order valence-corrected chi connectivity index (χ3v) is 4.36. The van der Waals surface area contributed by atoms with E-state index in [4.69, 9.17) is 15.4 Å². The van der Waals surface area contributed by atoms with Crippen molar-refractivity contribution in [2.75, 3.05) is 0 Å². The Morgan fingerprint density at radius 2 is 2.10 bits per heavy atom. The highest BCUT2D eigenvalue weighted by Gasteiger charge is 2.18. The molecule has 1 unspecified atom stereocenters. The molecule has 0 fully saturated rings. The summed E-state index contributed by atoms with van der Waals surface area (Å²) < 4.78 is 29.0. The predicted molar refractivity (Wildman–Crippen MR) is 79.8 cm³/mol. The SMILES string of the molecule is CCCC(C)Oc1ccc(S(=O)(=O)Cl)c2cccnc12. The van der Waals surface area contributed by atoms with Crippen LogP contribution in [0.4, 0.5) is 0 Å². The Labute approximate surface area is 123 Å². The second-order valence-corrected chi connectivity index (χ2v) is 7.15. The minimum Gasteiger partial charge on any atom is -0.488 e. The first-order valence-corrected chi connectivity index (χ1v) is 8.73. The van der Waals surface area contributed by atoms with Crippen LogP contribution in [0.2, 0.25) is 0 Å². The van der Waals surface area contributed by atoms with Gasteiger partial charge in [0.1, 0.15) is 11.3 Å². The zero-order chi connectivity index (χ0) is 14.8. The average Bonchev–Trinajstić information content (AvgIpc) is 2.38. The Kier molecular flexibility index (Phi) is 4.50. The summed E-state index contributed by atoms with van der Waals surface area (Å²) in [6.45, 7) is 4.06. The fourth-order valence-corrected chi connectivity index (χ4v) is 3.17. The van der Waals surface area contributed by atoms with E-state index in [1.54, 1.807) is 24.4 Å². The molecule has 0 radical (unpaired) electrons. The smallest absolute Gasteiger partial charge is 0.261 e. The molecule has 20 heavy (non-hydrogen) atoms. The lowest BCUT2D eigenvalue weighted by Gasteiger charge is -2.15. The summed E-state index contributed by atoms with van der Waals surface area (Å²) in [6, 6.07) is 6.42. The van der Waals surface area contributed by atoms with E-state index in [0.717, 1.165) is 12.8 Å². The molecule has 0 saturated carbocycles. The first-order valence-electron chi connectivity index (χ1n) is 6.42. The van der Waals surface area contributed by atoms with Crippen molar-refractivity contribution in [3.05, 3.63) is 30.5 Å². The molecule has 2 aromatic rings. The Bertz CT molecular complexity index is 715. The largest absolute Gasteiger partial charge is 0.488 e. The van der Waals surface area contributed by atoms with Crippen LogP contribution >= 0.6 is 10.7 Å². The number of nitrogens with zero attached hydrogens (tertiary/aromatic N) is 1. The van der Waals surface area contributed by atoms with Crippen LogP contribution in [0.3, 0.4) is 0 Å². The van der Waals surface area contributed by atoms with Crippen molar-refractivity contribution >= 4 is 30.6 Å². The standard InChI is InChI=1S/C14H16ClNO3S/c1-3-5-10(2)19-12-7-8-13(20(15,17)18)11-6-4-9-16-14(11)12/h4,6-10H,3,5H2,1-2H3. The maximum atomic E-state index is 11.6. The first-order chi connectivity index (χ1) is 9.43. The van der Waals surface area contributed by atoms with Crippen molar-refractivity contribution in [3.8, 4) is 5.75 Å². The van der Waals surface area contributed by atoms with Gasteiger partial charge in [0, 0.05) is 22.3 Å². The molecule has 0 spiro atoms. The van der Waals surface area contributed by atoms with Gasteiger partial charge in [-0.15, -0.1) is 0 Å². The molecule has 0 aliphatic carbocycles. The number of hydrogen-bond donors (Lipinski definition) is 0. The Morgan fingerprint density at radius 1 is 1.35 bits per heavy atom. The average molecular weight is 314 g/mol. The molecule has 1 atom stereocenters. The molecule has 0 saturated heterocycles. The Balaban J connectivity index is 2.55. The van der Waals surface area contributed by atoms with Crippen molar-refractivity contribution in [2.45, 2.75) is 37.7 Å². The molecule has 108 valence electrons. The molecule has 4 nitrogen and oxygen atoms in total. The highest BCUT2D eigenvalue weighted by molar-refractivity contribution is 8.14. The minimum atomic E-state index is -3.81. The van der Waals surface area contributed by atoms with Crippen LogP contribution in [0, 0.1) is 0 Å². The van der Waals surface area contributed by atoms with Gasteiger partial charge in [0.05, 0.1) is 11.0 Å². The number of benzene rings is 1. The van der Waals surface area contributed by atoms with Gasteiger partial charge >= 0.3 is 0 Å². The van der Waals surface area contributed by atoms with E-state index < -0.39 is 9.05 Å². The number of halogens is 1. The van der Waals surface area contributed by atoms with Crippen LogP contribution < -0.4 is 4.74 Å². The molecule has 6 heteroatoms. The summed E-state index contributed by atoms with van der Waals surface area (Å²) in [7, 11) is 1.64. The molecule has 1 aromatic carbocycles. The third-order valence-electron chi connectivity index (χ3n) is 2.98. The van der Waals surface area contributed by atoms with E-state index in [1.165, 1.54) is 6.07 Å². The molecular formula is C14H16ClNO3S. The quantitative estimate of drug-likeness (QED) is 0.789. The van der Waals surface area contributed by atoms with Gasteiger partial charge in [-0.3, -0.25) is 4.98 Å². The second-order valence-electron chi connectivity index (χ2n) is 4.62. The van der Waals surface area contributed by atoms with Crippen LogP contribution in [0.25, 0.3) is 10.9 Å². The third kappa shape index (κ3) is 3.22. The minimum absolute atomic E-state index is 0.0451. The highest BCUT2D eigenvalue weighted by atomic mass is 35.7. The van der Waals surface area contributed by atoms with E-state index in [9.17, 15) is 8.42 Å². The summed E-state index contributed by atoms with van der Waals surface area (Å²) in [4.78, 5) is 4.27. The molecule has 0 aliphatic heterocycles. The number of pyridine rings is 1. The van der Waals surface area contributed by atoms with Gasteiger partial charge in [0.25, 0.3) is 9.05 Å². The number of aromatic nitrogens is 1. The maximum Gasteiger partial charge on any atom is 0.261 e. The van der Waals surface area contributed by atoms with Crippen molar-refractivity contribution in [3.63, 3.8) is 0 Å². The summed E-state index contributed by atoms with van der Waals surface area (Å²) in [5.74, 6) is 0.575. The van der Waals surface area contributed by atoms with Gasteiger partial charge in [-0.1, -0.05) is 13.3 Å². The van der Waals surface area contributed by atoms with Gasteiger partial charge < -0.3 is 4.74 Å². The van der Waals surface area contributed by atoms with Crippen LogP contribution in [-0.2, 0) is 9.05 Å². The van der Waals surface area contributed by atoms with Gasteiger partial charge in [-0.25, -0.2) is 8.42 Å². The summed E-state index contributed by atoms with van der Waals surface area (Å²) in [5.41, 5.74) is 0.511. The highest BCUT2D eigenvalue weighted by Crippen LogP contribution is 2.31. The van der Waals surface area contributed by atoms with Crippen LogP contribution in [0.1, 0.15) is 26.7 Å². The Hall–Kier alpha value is -1.33. The molecule has 1 aromatic heterocycles. The van der Waals surface area contributed by atoms with E-state index in [-0.39, 0.29) is 11.0 Å². The van der Waals surface area contributed by atoms with E-state index in [1.807, 2.05) is 6.92 Å². The fraction of sp³-hybridized carbons (Fsp3) is 0.357. The van der Waals surface area contributed by atoms with Crippen molar-refractivity contribution in [1.29, 1.82) is 0 Å². The monoisotopic (exact) mass is 313 g/mol. The van der Waals surface area contributed by atoms with Crippen molar-refractivity contribution < 1.29 is 13.2 Å². The number of rotatable bonds is 5. The van der Waals surface area contributed by atoms with Crippen molar-refractivity contribution in [2.24, 2.45) is 0 Å². The molecule has 0 bridgehead atoms. The lowest BCUT2D eigenvalue weighted by atomic mass is 10.2. The van der Waals surface area contributed by atoms with Gasteiger partial charge in [0.15, 0.2) is 0 Å². The molecule has 0 aliphatic rings. The molecular weight excluding hydrogens is 298 g/mol. The van der Waals surface area contributed by atoms with Gasteiger partial charge in [-0.2, -0.15) is 0 Å². The van der Waals surface area contributed by atoms with Gasteiger partial charge in [-0.05, 0) is 37.6 Å². The number of hydrogen-bond acceptors (Lipinski definition) is 4. The normalized spacial score (nSPS) is 13.3. The Morgan fingerprint density at radius 3 is 2.75 bits per heavy atom.